The van der Waals surface area contributed by atoms with E-state index in [1.54, 1.807) is 0 Å². The Labute approximate surface area is 92.2 Å². The topological polar surface area (TPSA) is 51.2 Å². The Morgan fingerprint density at radius 3 is 2.27 bits per heavy atom. The molecule has 0 atom stereocenters. The smallest absolute Gasteiger partial charge is 0.157 e. The third-order valence-electron chi connectivity index (χ3n) is 2.76. The molecule has 0 radical (unpaired) electrons. The van der Waals surface area contributed by atoms with Crippen LogP contribution >= 0.6 is 0 Å². The zero-order chi connectivity index (χ0) is 11.5. The van der Waals surface area contributed by atoms with Crippen LogP contribution in [0.25, 0.3) is 0 Å². The van der Waals surface area contributed by atoms with Gasteiger partial charge in [-0.05, 0) is 18.8 Å². The number of ketones is 1. The highest BCUT2D eigenvalue weighted by Gasteiger charge is 2.27. The summed E-state index contributed by atoms with van der Waals surface area (Å²) in [6.07, 6.45) is 3.91. The maximum absolute atomic E-state index is 11.7. The fraction of sp³-hybridized carbons (Fsp3) is 0.909. The Hall–Kier alpha value is -0.380. The second-order valence-corrected chi connectivity index (χ2v) is 7.01. The number of rotatable bonds is 5. The predicted octanol–water partition coefficient (Wildman–Crippen LogP) is 1.82. The molecular weight excluding hydrogens is 212 g/mol. The van der Waals surface area contributed by atoms with Gasteiger partial charge < -0.3 is 0 Å². The van der Waals surface area contributed by atoms with E-state index in [-0.39, 0.29) is 29.1 Å². The predicted molar refractivity (Wildman–Crippen MR) is 60.5 cm³/mol. The molecule has 1 rings (SSSR count). The minimum Gasteiger partial charge on any atom is -0.298 e. The zero-order valence-electron chi connectivity index (χ0n) is 9.53. The molecule has 3 nitrogen and oxygen atoms in total. The number of sulfone groups is 1. The average Bonchev–Trinajstić information content (AvgIpc) is 2.50. The zero-order valence-corrected chi connectivity index (χ0v) is 10.3. The lowest BCUT2D eigenvalue weighted by molar-refractivity contribution is -0.120. The van der Waals surface area contributed by atoms with E-state index in [9.17, 15) is 13.2 Å². The molecule has 1 aliphatic carbocycles. The van der Waals surface area contributed by atoms with Gasteiger partial charge >= 0.3 is 0 Å². The van der Waals surface area contributed by atoms with Crippen molar-refractivity contribution in [1.29, 1.82) is 0 Å². The Morgan fingerprint density at radius 2 is 1.80 bits per heavy atom. The third kappa shape index (κ3) is 4.33. The van der Waals surface area contributed by atoms with E-state index in [0.717, 1.165) is 25.7 Å². The van der Waals surface area contributed by atoms with Crippen LogP contribution < -0.4 is 0 Å². The molecule has 0 amide bonds. The normalized spacial score (nSPS) is 18.6. The van der Waals surface area contributed by atoms with Gasteiger partial charge in [-0.15, -0.1) is 0 Å². The van der Waals surface area contributed by atoms with Crippen molar-refractivity contribution in [2.24, 2.45) is 11.8 Å². The van der Waals surface area contributed by atoms with E-state index in [1.165, 1.54) is 0 Å². The van der Waals surface area contributed by atoms with Gasteiger partial charge in [0.05, 0.1) is 5.75 Å². The molecule has 1 saturated carbocycles. The second-order valence-electron chi connectivity index (χ2n) is 4.90. The summed E-state index contributed by atoms with van der Waals surface area (Å²) in [7, 11) is -3.17. The minimum absolute atomic E-state index is 0.0203. The Balaban J connectivity index is 2.49. The molecule has 0 saturated heterocycles. The van der Waals surface area contributed by atoms with Gasteiger partial charge in [0, 0.05) is 5.92 Å². The molecule has 15 heavy (non-hydrogen) atoms. The van der Waals surface area contributed by atoms with E-state index in [4.69, 9.17) is 0 Å². The highest BCUT2D eigenvalue weighted by molar-refractivity contribution is 7.92. The molecule has 88 valence electrons. The summed E-state index contributed by atoms with van der Waals surface area (Å²) in [6.45, 7) is 3.72. The Bertz CT molecular complexity index is 311. The minimum atomic E-state index is -3.17. The van der Waals surface area contributed by atoms with Gasteiger partial charge in [-0.3, -0.25) is 4.79 Å². The highest BCUT2D eigenvalue weighted by Crippen LogP contribution is 2.25. The summed E-state index contributed by atoms with van der Waals surface area (Å²) >= 11 is 0. The van der Waals surface area contributed by atoms with Gasteiger partial charge in [0.2, 0.25) is 0 Å². The monoisotopic (exact) mass is 232 g/mol. The fourth-order valence-electron chi connectivity index (χ4n) is 2.15. The fourth-order valence-corrected chi connectivity index (χ4v) is 3.95. The third-order valence-corrected chi connectivity index (χ3v) is 4.66. The van der Waals surface area contributed by atoms with Crippen LogP contribution in [-0.2, 0) is 14.6 Å². The lowest BCUT2D eigenvalue weighted by atomic mass is 10.0. The summed E-state index contributed by atoms with van der Waals surface area (Å²) in [5, 5.41) is 0. The van der Waals surface area contributed by atoms with Crippen LogP contribution in [0, 0.1) is 11.8 Å². The average molecular weight is 232 g/mol. The lowest BCUT2D eigenvalue weighted by Gasteiger charge is -2.09. The number of carbonyl (C=O) groups excluding carboxylic acids is 1. The van der Waals surface area contributed by atoms with Crippen molar-refractivity contribution in [3.8, 4) is 0 Å². The van der Waals surface area contributed by atoms with Crippen LogP contribution in [0.3, 0.4) is 0 Å². The van der Waals surface area contributed by atoms with Crippen molar-refractivity contribution in [2.45, 2.75) is 39.5 Å². The summed E-state index contributed by atoms with van der Waals surface area (Å²) < 4.78 is 23.2. The van der Waals surface area contributed by atoms with Crippen molar-refractivity contribution in [2.75, 3.05) is 11.5 Å². The van der Waals surface area contributed by atoms with Gasteiger partial charge in [0.15, 0.2) is 15.6 Å². The van der Waals surface area contributed by atoms with Crippen molar-refractivity contribution < 1.29 is 13.2 Å². The second kappa shape index (κ2) is 5.10. The number of carbonyl (C=O) groups is 1. The van der Waals surface area contributed by atoms with E-state index in [0.29, 0.717) is 0 Å². The van der Waals surface area contributed by atoms with Crippen molar-refractivity contribution in [3.63, 3.8) is 0 Å². The molecule has 0 spiro atoms. The van der Waals surface area contributed by atoms with Crippen molar-refractivity contribution in [3.05, 3.63) is 0 Å². The van der Waals surface area contributed by atoms with E-state index in [1.807, 2.05) is 13.8 Å². The van der Waals surface area contributed by atoms with Crippen LogP contribution in [0.2, 0.25) is 0 Å². The molecule has 0 N–H and O–H groups in total. The van der Waals surface area contributed by atoms with E-state index >= 15 is 0 Å². The molecule has 4 heteroatoms. The molecule has 0 heterocycles. The van der Waals surface area contributed by atoms with Crippen LogP contribution in [0.15, 0.2) is 0 Å². The number of hydrogen-bond acceptors (Lipinski definition) is 3. The number of hydrogen-bond donors (Lipinski definition) is 0. The quantitative estimate of drug-likeness (QED) is 0.726. The summed E-state index contributed by atoms with van der Waals surface area (Å²) in [4.78, 5) is 11.7. The Morgan fingerprint density at radius 1 is 1.27 bits per heavy atom. The van der Waals surface area contributed by atoms with Crippen molar-refractivity contribution >= 4 is 15.6 Å². The molecule has 0 aliphatic heterocycles. The molecule has 0 aromatic rings. The maximum Gasteiger partial charge on any atom is 0.157 e. The van der Waals surface area contributed by atoms with Gasteiger partial charge in [0.1, 0.15) is 5.75 Å². The summed E-state index contributed by atoms with van der Waals surface area (Å²) in [5.74, 6) is -0.0483. The van der Waals surface area contributed by atoms with Crippen LogP contribution in [-0.4, -0.2) is 25.7 Å². The lowest BCUT2D eigenvalue weighted by Crippen LogP contribution is -2.25. The van der Waals surface area contributed by atoms with Gasteiger partial charge in [-0.1, -0.05) is 26.7 Å². The van der Waals surface area contributed by atoms with Gasteiger partial charge in [-0.2, -0.15) is 0 Å². The van der Waals surface area contributed by atoms with Gasteiger partial charge in [0.25, 0.3) is 0 Å². The first-order valence-corrected chi connectivity index (χ1v) is 7.46. The van der Waals surface area contributed by atoms with Gasteiger partial charge in [-0.25, -0.2) is 8.42 Å². The van der Waals surface area contributed by atoms with E-state index < -0.39 is 9.84 Å². The van der Waals surface area contributed by atoms with Crippen LogP contribution in [0.1, 0.15) is 39.5 Å². The van der Waals surface area contributed by atoms with E-state index in [2.05, 4.69) is 0 Å². The highest BCUT2D eigenvalue weighted by atomic mass is 32.2. The van der Waals surface area contributed by atoms with Crippen LogP contribution in [0.4, 0.5) is 0 Å². The summed E-state index contributed by atoms with van der Waals surface area (Å²) in [6, 6.07) is 0. The first-order valence-electron chi connectivity index (χ1n) is 5.64. The van der Waals surface area contributed by atoms with Crippen molar-refractivity contribution in [1.82, 2.24) is 0 Å². The molecule has 1 fully saturated rings. The molecule has 0 aromatic heterocycles. The molecule has 0 unspecified atom stereocenters. The maximum atomic E-state index is 11.7. The molecule has 0 aromatic carbocycles. The largest absolute Gasteiger partial charge is 0.298 e. The molecular formula is C11H20O3S. The number of Topliss-reactive ketones (excluding diaryl/α,β-unsaturated/α-hetero) is 1. The molecule has 1 aliphatic rings. The first-order chi connectivity index (χ1) is 6.91. The first kappa shape index (κ1) is 12.7. The molecule has 0 bridgehead atoms. The van der Waals surface area contributed by atoms with Crippen LogP contribution in [0.5, 0.6) is 0 Å². The standard InChI is InChI=1S/C11H20O3S/c1-9(2)7-15(13,14)8-11(12)10-5-3-4-6-10/h9-10H,3-8H2,1-2H3. The SMILES string of the molecule is CC(C)CS(=O)(=O)CC(=O)C1CCCC1. The summed E-state index contributed by atoms with van der Waals surface area (Å²) in [5.41, 5.74) is 0. The Kier molecular flexibility index (Phi) is 4.32.